The number of hydrogen-bond donors (Lipinski definition) is 1. The van der Waals surface area contributed by atoms with E-state index in [0.29, 0.717) is 0 Å². The first kappa shape index (κ1) is 12.8. The molecule has 98 valence electrons. The van der Waals surface area contributed by atoms with E-state index in [2.05, 4.69) is 0 Å². The van der Waals surface area contributed by atoms with Crippen molar-refractivity contribution in [2.75, 3.05) is 13.2 Å². The SMILES string of the molecule is O=C(OCc1ccccc1)N1C[C@@H](O)C[C@@H]1CF. The number of carbonyl (C=O) groups is 1. The molecule has 2 atom stereocenters. The molecule has 1 amide bonds. The lowest BCUT2D eigenvalue weighted by Gasteiger charge is -2.21. The van der Waals surface area contributed by atoms with E-state index in [1.165, 1.54) is 4.90 Å². The first-order chi connectivity index (χ1) is 8.70. The zero-order chi connectivity index (χ0) is 13.0. The smallest absolute Gasteiger partial charge is 0.410 e. The molecule has 5 heteroatoms. The Labute approximate surface area is 105 Å². The Morgan fingerprint density at radius 2 is 2.17 bits per heavy atom. The number of alkyl halides is 1. The first-order valence-corrected chi connectivity index (χ1v) is 5.92. The molecule has 1 aromatic rings. The normalized spacial score (nSPS) is 23.1. The van der Waals surface area contributed by atoms with Gasteiger partial charge in [0.25, 0.3) is 0 Å². The van der Waals surface area contributed by atoms with Gasteiger partial charge in [-0.25, -0.2) is 9.18 Å². The molecule has 1 fully saturated rings. The minimum Gasteiger partial charge on any atom is -0.445 e. The number of halogens is 1. The van der Waals surface area contributed by atoms with Gasteiger partial charge in [-0.05, 0) is 12.0 Å². The third-order valence-corrected chi connectivity index (χ3v) is 3.01. The summed E-state index contributed by atoms with van der Waals surface area (Å²) in [7, 11) is 0. The highest BCUT2D eigenvalue weighted by Crippen LogP contribution is 2.19. The molecule has 1 saturated heterocycles. The largest absolute Gasteiger partial charge is 0.445 e. The fourth-order valence-electron chi connectivity index (χ4n) is 2.06. The molecule has 1 aliphatic rings. The third kappa shape index (κ3) is 2.98. The predicted octanol–water partition coefficient (Wildman–Crippen LogP) is 1.73. The second-order valence-corrected chi connectivity index (χ2v) is 4.39. The first-order valence-electron chi connectivity index (χ1n) is 5.92. The molecule has 1 aromatic carbocycles. The summed E-state index contributed by atoms with van der Waals surface area (Å²) in [6.45, 7) is -0.356. The van der Waals surface area contributed by atoms with Gasteiger partial charge in [0.2, 0.25) is 0 Å². The Kier molecular flexibility index (Phi) is 4.15. The van der Waals surface area contributed by atoms with Crippen molar-refractivity contribution in [2.24, 2.45) is 0 Å². The summed E-state index contributed by atoms with van der Waals surface area (Å²) in [5.41, 5.74) is 0.877. The summed E-state index contributed by atoms with van der Waals surface area (Å²) in [5.74, 6) is 0. The summed E-state index contributed by atoms with van der Waals surface area (Å²) in [4.78, 5) is 13.0. The topological polar surface area (TPSA) is 49.8 Å². The molecular weight excluding hydrogens is 237 g/mol. The number of aliphatic hydroxyl groups excluding tert-OH is 1. The van der Waals surface area contributed by atoms with Gasteiger partial charge in [0.15, 0.2) is 0 Å². The van der Waals surface area contributed by atoms with Gasteiger partial charge in [0.1, 0.15) is 13.3 Å². The monoisotopic (exact) mass is 253 g/mol. The van der Waals surface area contributed by atoms with Crippen LogP contribution >= 0.6 is 0 Å². The third-order valence-electron chi connectivity index (χ3n) is 3.01. The summed E-state index contributed by atoms with van der Waals surface area (Å²) in [5, 5.41) is 9.42. The molecule has 1 heterocycles. The molecule has 0 radical (unpaired) electrons. The van der Waals surface area contributed by atoms with Gasteiger partial charge in [-0.1, -0.05) is 30.3 Å². The van der Waals surface area contributed by atoms with Crippen LogP contribution in [0, 0.1) is 0 Å². The fourth-order valence-corrected chi connectivity index (χ4v) is 2.06. The highest BCUT2D eigenvalue weighted by atomic mass is 19.1. The van der Waals surface area contributed by atoms with Crippen LogP contribution < -0.4 is 0 Å². The molecule has 4 nitrogen and oxygen atoms in total. The van der Waals surface area contributed by atoms with E-state index < -0.39 is 24.9 Å². The number of aliphatic hydroxyl groups is 1. The van der Waals surface area contributed by atoms with Crippen molar-refractivity contribution in [1.29, 1.82) is 0 Å². The molecule has 0 unspecified atom stereocenters. The average Bonchev–Trinajstić information content (AvgIpc) is 2.78. The van der Waals surface area contributed by atoms with Gasteiger partial charge in [-0.3, -0.25) is 4.90 Å². The van der Waals surface area contributed by atoms with Crippen LogP contribution in [0.5, 0.6) is 0 Å². The van der Waals surface area contributed by atoms with Crippen LogP contribution in [0.15, 0.2) is 30.3 Å². The highest BCUT2D eigenvalue weighted by molar-refractivity contribution is 5.68. The maximum atomic E-state index is 12.7. The van der Waals surface area contributed by atoms with E-state index in [1.807, 2.05) is 30.3 Å². The summed E-state index contributed by atoms with van der Waals surface area (Å²) >= 11 is 0. The van der Waals surface area contributed by atoms with E-state index in [9.17, 15) is 14.3 Å². The van der Waals surface area contributed by atoms with Gasteiger partial charge in [-0.15, -0.1) is 0 Å². The Morgan fingerprint density at radius 3 is 2.83 bits per heavy atom. The van der Waals surface area contributed by atoms with Crippen molar-refractivity contribution >= 4 is 6.09 Å². The number of hydrogen-bond acceptors (Lipinski definition) is 3. The minimum atomic E-state index is -0.657. The molecule has 0 spiro atoms. The van der Waals surface area contributed by atoms with E-state index in [4.69, 9.17) is 4.74 Å². The highest BCUT2D eigenvalue weighted by Gasteiger charge is 2.35. The van der Waals surface area contributed by atoms with Crippen LogP contribution in [0.4, 0.5) is 9.18 Å². The lowest BCUT2D eigenvalue weighted by atomic mass is 10.2. The van der Waals surface area contributed by atoms with E-state index >= 15 is 0 Å². The second kappa shape index (κ2) is 5.82. The number of nitrogens with zero attached hydrogens (tertiary/aromatic N) is 1. The Morgan fingerprint density at radius 1 is 1.44 bits per heavy atom. The number of carbonyl (C=O) groups excluding carboxylic acids is 1. The zero-order valence-electron chi connectivity index (χ0n) is 9.96. The van der Waals surface area contributed by atoms with Crippen molar-refractivity contribution in [3.63, 3.8) is 0 Å². The van der Waals surface area contributed by atoms with Crippen LogP contribution in [-0.2, 0) is 11.3 Å². The lowest BCUT2D eigenvalue weighted by molar-refractivity contribution is 0.0842. The Hall–Kier alpha value is -1.62. The summed E-state index contributed by atoms with van der Waals surface area (Å²) < 4.78 is 17.8. The number of amides is 1. The van der Waals surface area contributed by atoms with Crippen molar-refractivity contribution in [2.45, 2.75) is 25.2 Å². The Bertz CT molecular complexity index is 398. The van der Waals surface area contributed by atoms with Crippen molar-refractivity contribution in [3.05, 3.63) is 35.9 Å². The van der Waals surface area contributed by atoms with Gasteiger partial charge in [0.05, 0.1) is 18.7 Å². The average molecular weight is 253 g/mol. The van der Waals surface area contributed by atoms with Crippen LogP contribution in [0.25, 0.3) is 0 Å². The molecule has 2 rings (SSSR count). The van der Waals surface area contributed by atoms with Crippen LogP contribution in [0.3, 0.4) is 0 Å². The zero-order valence-corrected chi connectivity index (χ0v) is 9.96. The van der Waals surface area contributed by atoms with Gasteiger partial charge in [-0.2, -0.15) is 0 Å². The molecule has 1 N–H and O–H groups in total. The molecular formula is C13H16FNO3. The molecule has 18 heavy (non-hydrogen) atoms. The number of benzene rings is 1. The van der Waals surface area contributed by atoms with Crippen molar-refractivity contribution < 1.29 is 19.0 Å². The minimum absolute atomic E-state index is 0.141. The lowest BCUT2D eigenvalue weighted by Crippen LogP contribution is -2.37. The molecule has 0 saturated carbocycles. The van der Waals surface area contributed by atoms with Crippen molar-refractivity contribution in [1.82, 2.24) is 4.90 Å². The quantitative estimate of drug-likeness (QED) is 0.892. The molecule has 1 aliphatic heterocycles. The molecule has 0 aromatic heterocycles. The number of β-amino-alcohol motifs (C(OH)–C–C–N with tert-alkyl or cyclic N) is 1. The maximum absolute atomic E-state index is 12.7. The van der Waals surface area contributed by atoms with Crippen molar-refractivity contribution in [3.8, 4) is 0 Å². The standard InChI is InChI=1S/C13H16FNO3/c14-7-11-6-12(16)8-15(11)13(17)18-9-10-4-2-1-3-5-10/h1-5,11-12,16H,6-9H2/t11-,12+/m1/s1. The fraction of sp³-hybridized carbons (Fsp3) is 0.462. The van der Waals surface area contributed by atoms with Gasteiger partial charge < -0.3 is 9.84 Å². The molecule has 0 bridgehead atoms. The number of ether oxygens (including phenoxy) is 1. The summed E-state index contributed by atoms with van der Waals surface area (Å²) in [6.07, 6.45) is -0.954. The number of likely N-dealkylation sites (tertiary alicyclic amines) is 1. The maximum Gasteiger partial charge on any atom is 0.410 e. The van der Waals surface area contributed by atoms with Crippen LogP contribution in [0.2, 0.25) is 0 Å². The second-order valence-electron chi connectivity index (χ2n) is 4.39. The van der Waals surface area contributed by atoms with Gasteiger partial charge >= 0.3 is 6.09 Å². The van der Waals surface area contributed by atoms with Gasteiger partial charge in [0, 0.05) is 0 Å². The summed E-state index contributed by atoms with van der Waals surface area (Å²) in [6, 6.07) is 8.71. The molecule has 0 aliphatic carbocycles. The number of rotatable bonds is 3. The predicted molar refractivity (Wildman–Crippen MR) is 63.7 cm³/mol. The van der Waals surface area contributed by atoms with E-state index in [1.54, 1.807) is 0 Å². The Balaban J connectivity index is 1.88. The van der Waals surface area contributed by atoms with Crippen LogP contribution in [-0.4, -0.2) is 41.5 Å². The van der Waals surface area contributed by atoms with E-state index in [0.717, 1.165) is 5.56 Å². The van der Waals surface area contributed by atoms with Crippen LogP contribution in [0.1, 0.15) is 12.0 Å². The van der Waals surface area contributed by atoms with E-state index in [-0.39, 0.29) is 19.6 Å².